The lowest BCUT2D eigenvalue weighted by Gasteiger charge is -2.22. The van der Waals surface area contributed by atoms with E-state index in [0.717, 1.165) is 13.1 Å². The summed E-state index contributed by atoms with van der Waals surface area (Å²) in [5.74, 6) is 0. The number of ether oxygens (including phenoxy) is 1. The van der Waals surface area contributed by atoms with Gasteiger partial charge in [0.05, 0.1) is 6.61 Å². The zero-order valence-corrected chi connectivity index (χ0v) is 9.12. The van der Waals surface area contributed by atoms with E-state index < -0.39 is 0 Å². The molecule has 1 aliphatic rings. The number of carbonyl (C=O) groups is 1. The van der Waals surface area contributed by atoms with Gasteiger partial charge in [0.25, 0.3) is 0 Å². The molecule has 0 saturated carbocycles. The quantitative estimate of drug-likeness (QED) is 0.657. The number of carbonyl (C=O) groups excluding carboxylic acids is 1. The molecule has 0 aromatic rings. The van der Waals surface area contributed by atoms with Crippen molar-refractivity contribution in [2.45, 2.75) is 6.04 Å². The smallest absolute Gasteiger partial charge is 0.319 e. The molecule has 5 nitrogen and oxygen atoms in total. The summed E-state index contributed by atoms with van der Waals surface area (Å²) in [5, 5.41) is 3.13. The summed E-state index contributed by atoms with van der Waals surface area (Å²) >= 11 is 0. The average Bonchev–Trinajstić information content (AvgIpc) is 2.49. The monoisotopic (exact) mass is 201 g/mol. The molecule has 5 heteroatoms. The first-order chi connectivity index (χ1) is 6.69. The number of amides is 2. The maximum atomic E-state index is 11.5. The van der Waals surface area contributed by atoms with Crippen LogP contribution in [0.3, 0.4) is 0 Å². The summed E-state index contributed by atoms with van der Waals surface area (Å²) in [6, 6.07) is 0.330. The van der Waals surface area contributed by atoms with Gasteiger partial charge in [-0.05, 0) is 7.05 Å². The van der Waals surface area contributed by atoms with Crippen LogP contribution in [-0.4, -0.2) is 69.3 Å². The predicted octanol–water partition coefficient (Wildman–Crippen LogP) is -0.412. The topological polar surface area (TPSA) is 44.8 Å². The van der Waals surface area contributed by atoms with Gasteiger partial charge >= 0.3 is 6.03 Å². The summed E-state index contributed by atoms with van der Waals surface area (Å²) in [6.45, 7) is 2.98. The van der Waals surface area contributed by atoms with Gasteiger partial charge in [0, 0.05) is 39.8 Å². The Morgan fingerprint density at radius 1 is 1.57 bits per heavy atom. The second-order valence-electron chi connectivity index (χ2n) is 3.59. The van der Waals surface area contributed by atoms with Crippen molar-refractivity contribution in [2.75, 3.05) is 47.4 Å². The van der Waals surface area contributed by atoms with Crippen molar-refractivity contribution in [3.63, 3.8) is 0 Å². The molecule has 1 unspecified atom stereocenters. The first-order valence-corrected chi connectivity index (χ1v) is 4.85. The molecule has 0 aliphatic carbocycles. The minimum Gasteiger partial charge on any atom is -0.383 e. The Hall–Kier alpha value is -0.810. The third-order valence-electron chi connectivity index (χ3n) is 2.52. The number of hydrogen-bond acceptors (Lipinski definition) is 3. The highest BCUT2D eigenvalue weighted by Gasteiger charge is 2.26. The minimum atomic E-state index is 0.112. The fourth-order valence-electron chi connectivity index (χ4n) is 1.57. The van der Waals surface area contributed by atoms with Crippen LogP contribution in [0, 0.1) is 0 Å². The Labute approximate surface area is 85.0 Å². The molecule has 2 amide bonds. The van der Waals surface area contributed by atoms with Crippen LogP contribution < -0.4 is 5.32 Å². The van der Waals surface area contributed by atoms with Crippen LogP contribution in [0.5, 0.6) is 0 Å². The summed E-state index contributed by atoms with van der Waals surface area (Å²) in [7, 11) is 5.38. The van der Waals surface area contributed by atoms with E-state index in [0.29, 0.717) is 13.2 Å². The second kappa shape index (κ2) is 5.17. The molecule has 82 valence electrons. The minimum absolute atomic E-state index is 0.112. The molecule has 1 saturated heterocycles. The summed E-state index contributed by atoms with van der Waals surface area (Å²) in [5.41, 5.74) is 0. The van der Waals surface area contributed by atoms with Crippen molar-refractivity contribution in [2.24, 2.45) is 0 Å². The van der Waals surface area contributed by atoms with E-state index in [1.54, 1.807) is 12.0 Å². The first-order valence-electron chi connectivity index (χ1n) is 4.85. The van der Waals surface area contributed by atoms with E-state index in [4.69, 9.17) is 4.74 Å². The zero-order valence-electron chi connectivity index (χ0n) is 9.12. The Morgan fingerprint density at radius 2 is 2.29 bits per heavy atom. The van der Waals surface area contributed by atoms with Crippen LogP contribution >= 0.6 is 0 Å². The molecule has 1 heterocycles. The van der Waals surface area contributed by atoms with Crippen molar-refractivity contribution >= 4 is 6.03 Å². The number of urea groups is 1. The lowest BCUT2D eigenvalue weighted by molar-refractivity contribution is 0.148. The fraction of sp³-hybridized carbons (Fsp3) is 0.889. The van der Waals surface area contributed by atoms with Gasteiger partial charge in [-0.15, -0.1) is 0 Å². The van der Waals surface area contributed by atoms with Crippen molar-refractivity contribution < 1.29 is 9.53 Å². The third kappa shape index (κ3) is 2.59. The van der Waals surface area contributed by atoms with E-state index in [1.807, 2.05) is 19.0 Å². The molecule has 0 aromatic heterocycles. The maximum Gasteiger partial charge on any atom is 0.319 e. The number of rotatable bonds is 5. The molecule has 1 fully saturated rings. The third-order valence-corrected chi connectivity index (χ3v) is 2.52. The Bertz CT molecular complexity index is 198. The van der Waals surface area contributed by atoms with Gasteiger partial charge in [-0.1, -0.05) is 0 Å². The number of nitrogens with one attached hydrogen (secondary N) is 1. The van der Waals surface area contributed by atoms with Gasteiger partial charge in [-0.2, -0.15) is 0 Å². The van der Waals surface area contributed by atoms with Crippen molar-refractivity contribution in [3.05, 3.63) is 0 Å². The first kappa shape index (κ1) is 11.3. The van der Waals surface area contributed by atoms with Crippen LogP contribution in [0.15, 0.2) is 0 Å². The highest BCUT2D eigenvalue weighted by atomic mass is 16.5. The van der Waals surface area contributed by atoms with Crippen molar-refractivity contribution in [3.8, 4) is 0 Å². The van der Waals surface area contributed by atoms with Gasteiger partial charge < -0.3 is 19.9 Å². The Balaban J connectivity index is 2.39. The number of likely N-dealkylation sites (N-methyl/N-ethyl adjacent to an activating group) is 2. The average molecular weight is 201 g/mol. The lowest BCUT2D eigenvalue weighted by Crippen LogP contribution is -2.43. The van der Waals surface area contributed by atoms with Crippen molar-refractivity contribution in [1.29, 1.82) is 0 Å². The van der Waals surface area contributed by atoms with Crippen molar-refractivity contribution in [1.82, 2.24) is 15.1 Å². The van der Waals surface area contributed by atoms with E-state index in [2.05, 4.69) is 5.32 Å². The number of methoxy groups -OCH3 is 1. The molecule has 14 heavy (non-hydrogen) atoms. The molecule has 1 N–H and O–H groups in total. The molecule has 0 spiro atoms. The number of nitrogens with zero attached hydrogens (tertiary/aromatic N) is 2. The normalized spacial score (nSPS) is 19.2. The zero-order chi connectivity index (χ0) is 10.6. The fourth-order valence-corrected chi connectivity index (χ4v) is 1.57. The second-order valence-corrected chi connectivity index (χ2v) is 3.59. The molecule has 0 radical (unpaired) electrons. The molecule has 1 rings (SSSR count). The van der Waals surface area contributed by atoms with Gasteiger partial charge in [0.15, 0.2) is 0 Å². The predicted molar refractivity (Wildman–Crippen MR) is 54.3 cm³/mol. The standard InChI is InChI=1S/C9H19N3O2/c1-10-8(7-14-3)6-12-5-4-11(2)9(12)13/h8,10H,4-7H2,1-3H3. The van der Waals surface area contributed by atoms with Crippen LogP contribution in [0.25, 0.3) is 0 Å². The van der Waals surface area contributed by atoms with E-state index in [1.165, 1.54) is 0 Å². The summed E-state index contributed by atoms with van der Waals surface area (Å²) < 4.78 is 5.05. The van der Waals surface area contributed by atoms with Crippen LogP contribution in [0.1, 0.15) is 0 Å². The summed E-state index contributed by atoms with van der Waals surface area (Å²) in [6.07, 6.45) is 0. The Kier molecular flexibility index (Phi) is 4.16. The SMILES string of the molecule is CNC(COC)CN1CCN(C)C1=O. The lowest BCUT2D eigenvalue weighted by atomic mass is 10.3. The highest BCUT2D eigenvalue weighted by molar-refractivity contribution is 5.76. The number of hydrogen-bond donors (Lipinski definition) is 1. The van der Waals surface area contributed by atoms with Crippen LogP contribution in [0.4, 0.5) is 4.79 Å². The van der Waals surface area contributed by atoms with E-state index >= 15 is 0 Å². The maximum absolute atomic E-state index is 11.5. The van der Waals surface area contributed by atoms with E-state index in [-0.39, 0.29) is 12.1 Å². The van der Waals surface area contributed by atoms with E-state index in [9.17, 15) is 4.79 Å². The summed E-state index contributed by atoms with van der Waals surface area (Å²) in [4.78, 5) is 15.1. The van der Waals surface area contributed by atoms with Gasteiger partial charge in [0.1, 0.15) is 0 Å². The largest absolute Gasteiger partial charge is 0.383 e. The molecule has 0 aromatic carbocycles. The molecular formula is C9H19N3O2. The van der Waals surface area contributed by atoms with Gasteiger partial charge in [0.2, 0.25) is 0 Å². The Morgan fingerprint density at radius 3 is 2.71 bits per heavy atom. The molecule has 1 atom stereocenters. The highest BCUT2D eigenvalue weighted by Crippen LogP contribution is 2.06. The molecule has 1 aliphatic heterocycles. The van der Waals surface area contributed by atoms with Crippen LogP contribution in [-0.2, 0) is 4.74 Å². The molecule has 0 bridgehead atoms. The van der Waals surface area contributed by atoms with Gasteiger partial charge in [-0.3, -0.25) is 0 Å². The molecular weight excluding hydrogens is 182 g/mol. The van der Waals surface area contributed by atoms with Crippen LogP contribution in [0.2, 0.25) is 0 Å². The van der Waals surface area contributed by atoms with Gasteiger partial charge in [-0.25, -0.2) is 4.79 Å².